The van der Waals surface area contributed by atoms with Crippen LogP contribution in [0, 0.1) is 35.0 Å². The normalized spacial score (nSPS) is 29.3. The number of hydrogen-bond acceptors (Lipinski definition) is 4. The highest BCUT2D eigenvalue weighted by atomic mass is 79.9. The Labute approximate surface area is 227 Å². The van der Waals surface area contributed by atoms with Crippen molar-refractivity contribution in [1.29, 1.82) is 0 Å². The number of carbonyl (C=O) groups excluding carboxylic acids is 3. The van der Waals surface area contributed by atoms with Crippen LogP contribution in [0.3, 0.4) is 0 Å². The second-order valence-electron chi connectivity index (χ2n) is 12.2. The molecule has 1 spiro atoms. The molecule has 1 heterocycles. The average molecular weight is 573 g/mol. The van der Waals surface area contributed by atoms with E-state index in [0.29, 0.717) is 25.6 Å². The number of rotatable bonds is 6. The Bertz CT molecular complexity index is 1080. The Morgan fingerprint density at radius 1 is 1.05 bits per heavy atom. The van der Waals surface area contributed by atoms with Crippen molar-refractivity contribution in [3.05, 3.63) is 40.9 Å². The molecule has 2 saturated carbocycles. The summed E-state index contributed by atoms with van der Waals surface area (Å²) in [6.07, 6.45) is 9.06. The number of anilines is 1. The molecule has 1 aromatic rings. The smallest absolute Gasteiger partial charge is 0.410 e. The van der Waals surface area contributed by atoms with Crippen LogP contribution in [0.5, 0.6) is 0 Å². The highest BCUT2D eigenvalue weighted by Gasteiger charge is 2.69. The van der Waals surface area contributed by atoms with E-state index in [2.05, 4.69) is 38.7 Å². The Morgan fingerprint density at radius 2 is 1.70 bits per heavy atom. The molecule has 5 atom stereocenters. The van der Waals surface area contributed by atoms with E-state index in [1.54, 1.807) is 4.90 Å². The lowest BCUT2D eigenvalue weighted by molar-refractivity contribution is -0.132. The third-order valence-electron chi connectivity index (χ3n) is 8.58. The van der Waals surface area contributed by atoms with E-state index < -0.39 is 5.60 Å². The molecule has 1 aromatic carbocycles. The standard InChI is InChI=1S/C29H38BrN3O4/c1-28(2,3)37-27(36)33-16-4-5-18(17-33)12-15-31-25(34)23-21-10-11-22(29(21)13-14-29)24(23)26(35)32-20-8-6-19(30)7-9-20/h6-11,18,21-24H,4-5,12-17H2,1-3H3,(H,31,34)(H,32,35)/t18?,21-,22+,23-,24-/m1/s1. The number of likely N-dealkylation sites (tertiary alicyclic amines) is 1. The van der Waals surface area contributed by atoms with Crippen molar-refractivity contribution in [1.82, 2.24) is 10.2 Å². The summed E-state index contributed by atoms with van der Waals surface area (Å²) in [4.78, 5) is 41.3. The van der Waals surface area contributed by atoms with Gasteiger partial charge in [0.05, 0.1) is 11.8 Å². The van der Waals surface area contributed by atoms with Gasteiger partial charge in [0, 0.05) is 29.8 Å². The van der Waals surface area contributed by atoms with Gasteiger partial charge in [-0.3, -0.25) is 9.59 Å². The molecule has 3 aliphatic carbocycles. The quantitative estimate of drug-likeness (QED) is 0.449. The van der Waals surface area contributed by atoms with Gasteiger partial charge in [0.2, 0.25) is 11.8 Å². The van der Waals surface area contributed by atoms with Gasteiger partial charge in [-0.15, -0.1) is 0 Å². The molecule has 0 aromatic heterocycles. The molecule has 0 radical (unpaired) electrons. The predicted octanol–water partition coefficient (Wildman–Crippen LogP) is 5.37. The van der Waals surface area contributed by atoms with Gasteiger partial charge in [0.1, 0.15) is 5.60 Å². The third-order valence-corrected chi connectivity index (χ3v) is 9.11. The zero-order chi connectivity index (χ0) is 26.4. The van der Waals surface area contributed by atoms with Crippen molar-refractivity contribution in [3.63, 3.8) is 0 Å². The topological polar surface area (TPSA) is 87.7 Å². The number of allylic oxidation sites excluding steroid dienone is 2. The van der Waals surface area contributed by atoms with Crippen LogP contribution in [0.4, 0.5) is 10.5 Å². The molecule has 1 saturated heterocycles. The Hall–Kier alpha value is -2.35. The number of piperidine rings is 1. The SMILES string of the molecule is CC(C)(C)OC(=O)N1CCCC(CCNC(=O)[C@H]2[C@H](C(=O)Nc3ccc(Br)cc3)[C@@H]3C=C[C@H]2C32CC2)C1. The van der Waals surface area contributed by atoms with E-state index in [9.17, 15) is 14.4 Å². The first kappa shape index (κ1) is 26.3. The van der Waals surface area contributed by atoms with E-state index in [-0.39, 0.29) is 47.0 Å². The second kappa shape index (κ2) is 10.1. The van der Waals surface area contributed by atoms with Crippen LogP contribution in [0.1, 0.15) is 52.9 Å². The summed E-state index contributed by atoms with van der Waals surface area (Å²) >= 11 is 3.43. The second-order valence-corrected chi connectivity index (χ2v) is 13.1. The van der Waals surface area contributed by atoms with Crippen LogP contribution < -0.4 is 10.6 Å². The van der Waals surface area contributed by atoms with Crippen LogP contribution >= 0.6 is 15.9 Å². The molecule has 2 bridgehead atoms. The van der Waals surface area contributed by atoms with Gasteiger partial charge < -0.3 is 20.3 Å². The van der Waals surface area contributed by atoms with Gasteiger partial charge in [-0.25, -0.2) is 4.79 Å². The predicted molar refractivity (Wildman–Crippen MR) is 146 cm³/mol. The summed E-state index contributed by atoms with van der Waals surface area (Å²) in [5, 5.41) is 6.23. The van der Waals surface area contributed by atoms with Crippen molar-refractivity contribution in [2.45, 2.75) is 58.5 Å². The fourth-order valence-electron chi connectivity index (χ4n) is 6.78. The van der Waals surface area contributed by atoms with Crippen LogP contribution in [-0.2, 0) is 14.3 Å². The first-order valence-corrected chi connectivity index (χ1v) is 14.4. The summed E-state index contributed by atoms with van der Waals surface area (Å²) in [7, 11) is 0. The molecular weight excluding hydrogens is 534 g/mol. The maximum absolute atomic E-state index is 13.5. The Balaban J connectivity index is 1.18. The number of carbonyl (C=O) groups is 3. The molecule has 5 rings (SSSR count). The van der Waals surface area contributed by atoms with Crippen LogP contribution in [0.15, 0.2) is 40.9 Å². The molecule has 3 amide bonds. The van der Waals surface area contributed by atoms with Crippen molar-refractivity contribution in [2.24, 2.45) is 35.0 Å². The Kier molecular flexibility index (Phi) is 7.16. The summed E-state index contributed by atoms with van der Waals surface area (Å²) < 4.78 is 6.50. The molecule has 37 heavy (non-hydrogen) atoms. The van der Waals surface area contributed by atoms with Gasteiger partial charge in [-0.1, -0.05) is 28.1 Å². The van der Waals surface area contributed by atoms with E-state index in [0.717, 1.165) is 42.3 Å². The molecule has 1 aliphatic heterocycles. The maximum atomic E-state index is 13.5. The molecule has 4 aliphatic rings. The van der Waals surface area contributed by atoms with Crippen molar-refractivity contribution in [3.8, 4) is 0 Å². The molecule has 7 nitrogen and oxygen atoms in total. The van der Waals surface area contributed by atoms with Gasteiger partial charge in [0.25, 0.3) is 0 Å². The minimum absolute atomic E-state index is 0.0149. The van der Waals surface area contributed by atoms with Gasteiger partial charge >= 0.3 is 6.09 Å². The third kappa shape index (κ3) is 5.45. The number of nitrogens with zero attached hydrogens (tertiary/aromatic N) is 1. The fourth-order valence-corrected chi connectivity index (χ4v) is 7.04. The van der Waals surface area contributed by atoms with Gasteiger partial charge in [-0.2, -0.15) is 0 Å². The number of amides is 3. The fraction of sp³-hybridized carbons (Fsp3) is 0.621. The molecule has 1 unspecified atom stereocenters. The molecule has 8 heteroatoms. The summed E-state index contributed by atoms with van der Waals surface area (Å²) in [5.41, 5.74) is 0.337. The van der Waals surface area contributed by atoms with Crippen molar-refractivity contribution in [2.75, 3.05) is 25.0 Å². The Morgan fingerprint density at radius 3 is 2.32 bits per heavy atom. The maximum Gasteiger partial charge on any atom is 0.410 e. The zero-order valence-electron chi connectivity index (χ0n) is 22.0. The number of nitrogens with one attached hydrogen (secondary N) is 2. The minimum Gasteiger partial charge on any atom is -0.444 e. The first-order valence-electron chi connectivity index (χ1n) is 13.6. The largest absolute Gasteiger partial charge is 0.444 e. The lowest BCUT2D eigenvalue weighted by Gasteiger charge is -2.34. The summed E-state index contributed by atoms with van der Waals surface area (Å²) in [6, 6.07) is 7.55. The molecule has 2 N–H and O–H groups in total. The lowest BCUT2D eigenvalue weighted by atomic mass is 9.81. The number of hydrogen-bond donors (Lipinski definition) is 2. The summed E-state index contributed by atoms with van der Waals surface area (Å²) in [5.74, 6) is -0.173. The highest BCUT2D eigenvalue weighted by molar-refractivity contribution is 9.10. The highest BCUT2D eigenvalue weighted by Crippen LogP contribution is 2.72. The molecule has 200 valence electrons. The molecule has 3 fully saturated rings. The minimum atomic E-state index is -0.508. The van der Waals surface area contributed by atoms with Gasteiger partial charge in [0.15, 0.2) is 0 Å². The van der Waals surface area contributed by atoms with E-state index in [4.69, 9.17) is 4.74 Å². The average Bonchev–Trinajstić information content (AvgIpc) is 3.51. The number of ether oxygens (including phenoxy) is 1. The number of halogens is 1. The summed E-state index contributed by atoms with van der Waals surface area (Å²) in [6.45, 7) is 7.56. The van der Waals surface area contributed by atoms with Crippen molar-refractivity contribution >= 4 is 39.5 Å². The van der Waals surface area contributed by atoms with Crippen molar-refractivity contribution < 1.29 is 19.1 Å². The first-order chi connectivity index (χ1) is 17.6. The van der Waals surface area contributed by atoms with Crippen LogP contribution in [0.2, 0.25) is 0 Å². The monoisotopic (exact) mass is 571 g/mol. The lowest BCUT2D eigenvalue weighted by Crippen LogP contribution is -2.44. The van der Waals surface area contributed by atoms with Gasteiger partial charge in [-0.05, 0) is 100 Å². The molecular formula is C29H38BrN3O4. The zero-order valence-corrected chi connectivity index (χ0v) is 23.6. The van der Waals surface area contributed by atoms with E-state index in [1.165, 1.54) is 0 Å². The van der Waals surface area contributed by atoms with E-state index in [1.807, 2.05) is 45.0 Å². The van der Waals surface area contributed by atoms with Crippen LogP contribution in [-0.4, -0.2) is 48.0 Å². The van der Waals surface area contributed by atoms with E-state index >= 15 is 0 Å². The number of benzene rings is 1. The van der Waals surface area contributed by atoms with Crippen LogP contribution in [0.25, 0.3) is 0 Å².